The normalized spacial score (nSPS) is 11.8. The lowest BCUT2D eigenvalue weighted by Crippen LogP contribution is -2.11. The van der Waals surface area contributed by atoms with Gasteiger partial charge >= 0.3 is 0 Å². The van der Waals surface area contributed by atoms with Crippen molar-refractivity contribution in [3.8, 4) is 0 Å². The van der Waals surface area contributed by atoms with Crippen LogP contribution in [0.15, 0.2) is 89.8 Å². The van der Waals surface area contributed by atoms with E-state index in [4.69, 9.17) is 5.73 Å². The van der Waals surface area contributed by atoms with Gasteiger partial charge in [-0.05, 0) is 47.5 Å². The predicted molar refractivity (Wildman–Crippen MR) is 130 cm³/mol. The summed E-state index contributed by atoms with van der Waals surface area (Å²) in [4.78, 5) is 12.3. The molecule has 34 heavy (non-hydrogen) atoms. The third-order valence-electron chi connectivity index (χ3n) is 5.93. The molecule has 1 heterocycles. The van der Waals surface area contributed by atoms with Crippen molar-refractivity contribution in [1.82, 2.24) is 4.57 Å². The summed E-state index contributed by atoms with van der Waals surface area (Å²) < 4.78 is 42.9. The maximum atomic E-state index is 15.1. The zero-order valence-corrected chi connectivity index (χ0v) is 18.8. The summed E-state index contributed by atoms with van der Waals surface area (Å²) in [6.07, 6.45) is 0. The van der Waals surface area contributed by atoms with Crippen LogP contribution in [0.4, 0.5) is 4.39 Å². The standard InChI is InChI=1S/C27H20FN2O3S/c28-23-14-6-12-21-25-22(27(29)31)13-7-15-24(25)30(26(21)23)16-18-8-4-5-9-19(18)17-34(32,33)20-10-2-1-3-11-20/h1-11,13-15H,16-17H2,(H2,29,31). The number of primary amides is 1. The fourth-order valence-corrected chi connectivity index (χ4v) is 5.81. The van der Waals surface area contributed by atoms with Gasteiger partial charge in [-0.2, -0.15) is 0 Å². The smallest absolute Gasteiger partial charge is 0.249 e. The number of hydrogen-bond donors (Lipinski definition) is 1. The Labute approximate surface area is 196 Å². The Kier molecular flexibility index (Phi) is 5.42. The first-order valence-corrected chi connectivity index (χ1v) is 12.3. The molecule has 7 heteroatoms. The summed E-state index contributed by atoms with van der Waals surface area (Å²) >= 11 is 0. The molecule has 5 rings (SSSR count). The number of hydrogen-bond acceptors (Lipinski definition) is 3. The molecule has 1 radical (unpaired) electrons. The molecule has 0 atom stereocenters. The first-order valence-electron chi connectivity index (χ1n) is 10.6. The summed E-state index contributed by atoms with van der Waals surface area (Å²) in [6, 6.07) is 26.4. The van der Waals surface area contributed by atoms with Gasteiger partial charge in [-0.1, -0.05) is 54.6 Å². The highest BCUT2D eigenvalue weighted by Gasteiger charge is 2.21. The van der Waals surface area contributed by atoms with Gasteiger partial charge < -0.3 is 10.3 Å². The molecule has 0 aliphatic heterocycles. The first kappa shape index (κ1) is 21.9. The van der Waals surface area contributed by atoms with E-state index in [2.05, 4.69) is 6.07 Å². The number of carbonyl (C=O) groups excluding carboxylic acids is 1. The summed E-state index contributed by atoms with van der Waals surface area (Å²) in [6.45, 7) is 0.206. The molecular weight excluding hydrogens is 451 g/mol. The predicted octanol–water partition coefficient (Wildman–Crippen LogP) is 4.85. The molecule has 0 saturated heterocycles. The van der Waals surface area contributed by atoms with Gasteiger partial charge in [0.2, 0.25) is 5.91 Å². The Hall–Kier alpha value is -3.97. The minimum absolute atomic E-state index is 0.189. The van der Waals surface area contributed by atoms with Crippen LogP contribution in [0.1, 0.15) is 21.5 Å². The number of benzene rings is 4. The quantitative estimate of drug-likeness (QED) is 0.384. The molecule has 1 aromatic heterocycles. The van der Waals surface area contributed by atoms with Crippen LogP contribution in [-0.4, -0.2) is 18.9 Å². The highest BCUT2D eigenvalue weighted by atomic mass is 32.2. The van der Waals surface area contributed by atoms with Crippen molar-refractivity contribution in [1.29, 1.82) is 0 Å². The Morgan fingerprint density at radius 3 is 2.35 bits per heavy atom. The molecule has 0 spiro atoms. The van der Waals surface area contributed by atoms with Crippen LogP contribution in [0.2, 0.25) is 0 Å². The highest BCUT2D eigenvalue weighted by molar-refractivity contribution is 7.90. The van der Waals surface area contributed by atoms with Crippen LogP contribution in [0.5, 0.6) is 0 Å². The molecule has 0 saturated carbocycles. The average Bonchev–Trinajstić information content (AvgIpc) is 3.15. The molecule has 5 aromatic rings. The van der Waals surface area contributed by atoms with Crippen LogP contribution < -0.4 is 5.73 Å². The van der Waals surface area contributed by atoms with Crippen molar-refractivity contribution in [2.45, 2.75) is 17.2 Å². The summed E-state index contributed by atoms with van der Waals surface area (Å²) in [7, 11) is -3.58. The van der Waals surface area contributed by atoms with Crippen LogP contribution in [0.25, 0.3) is 21.8 Å². The fraction of sp³-hybridized carbons (Fsp3) is 0.0741. The zero-order valence-electron chi connectivity index (χ0n) is 18.0. The van der Waals surface area contributed by atoms with E-state index >= 15 is 4.39 Å². The molecule has 4 aromatic carbocycles. The lowest BCUT2D eigenvalue weighted by Gasteiger charge is -2.13. The van der Waals surface area contributed by atoms with Crippen molar-refractivity contribution < 1.29 is 17.6 Å². The SMILES string of the molecule is NC(=O)c1cccc2c1c1[c]ccc(F)c1n2Cc1ccccc1CS(=O)(=O)c1ccccc1. The molecule has 2 N–H and O–H groups in total. The second kappa shape index (κ2) is 8.43. The van der Waals surface area contributed by atoms with E-state index in [1.54, 1.807) is 65.2 Å². The van der Waals surface area contributed by atoms with Gasteiger partial charge in [0.25, 0.3) is 0 Å². The Morgan fingerprint density at radius 2 is 1.62 bits per heavy atom. The van der Waals surface area contributed by atoms with Crippen LogP contribution in [0.3, 0.4) is 0 Å². The number of halogens is 1. The number of nitrogens with two attached hydrogens (primary N) is 1. The maximum Gasteiger partial charge on any atom is 0.249 e. The van der Waals surface area contributed by atoms with Gasteiger partial charge in [-0.25, -0.2) is 12.8 Å². The van der Waals surface area contributed by atoms with Gasteiger partial charge in [0, 0.05) is 22.9 Å². The molecule has 0 aliphatic rings. The second-order valence-electron chi connectivity index (χ2n) is 8.04. The average molecular weight is 472 g/mol. The van der Waals surface area contributed by atoms with E-state index in [1.165, 1.54) is 12.1 Å². The minimum Gasteiger partial charge on any atom is -0.366 e. The van der Waals surface area contributed by atoms with Crippen LogP contribution in [-0.2, 0) is 22.1 Å². The Bertz CT molecular complexity index is 1660. The molecule has 0 aliphatic carbocycles. The highest BCUT2D eigenvalue weighted by Crippen LogP contribution is 2.34. The number of sulfone groups is 1. The van der Waals surface area contributed by atoms with E-state index < -0.39 is 21.6 Å². The number of carbonyl (C=O) groups is 1. The van der Waals surface area contributed by atoms with E-state index in [9.17, 15) is 13.2 Å². The van der Waals surface area contributed by atoms with E-state index in [0.29, 0.717) is 21.9 Å². The number of fused-ring (bicyclic) bond motifs is 3. The zero-order chi connectivity index (χ0) is 23.9. The Balaban J connectivity index is 1.67. The van der Waals surface area contributed by atoms with Crippen molar-refractivity contribution >= 4 is 37.6 Å². The maximum absolute atomic E-state index is 15.1. The third kappa shape index (κ3) is 3.74. The molecular formula is C27H20FN2O3S. The van der Waals surface area contributed by atoms with Gasteiger partial charge in [0.1, 0.15) is 5.82 Å². The third-order valence-corrected chi connectivity index (χ3v) is 7.62. The number of rotatable bonds is 6. The monoisotopic (exact) mass is 471 g/mol. The molecule has 0 unspecified atom stereocenters. The second-order valence-corrected chi connectivity index (χ2v) is 10.0. The number of aromatic nitrogens is 1. The number of amides is 1. The summed E-state index contributed by atoms with van der Waals surface area (Å²) in [5.41, 5.74) is 8.13. The fourth-order valence-electron chi connectivity index (χ4n) is 4.38. The summed E-state index contributed by atoms with van der Waals surface area (Å²) in [5, 5.41) is 0.984. The number of nitrogens with zero attached hydrogens (tertiary/aromatic N) is 1. The molecule has 5 nitrogen and oxygen atoms in total. The van der Waals surface area contributed by atoms with Crippen molar-refractivity contribution in [3.63, 3.8) is 0 Å². The van der Waals surface area contributed by atoms with Gasteiger partial charge in [0.15, 0.2) is 9.84 Å². The van der Waals surface area contributed by atoms with Crippen LogP contribution in [0, 0.1) is 11.9 Å². The largest absolute Gasteiger partial charge is 0.366 e. The van der Waals surface area contributed by atoms with Crippen molar-refractivity contribution in [2.24, 2.45) is 5.73 Å². The molecule has 0 fully saturated rings. The minimum atomic E-state index is -3.58. The van der Waals surface area contributed by atoms with Gasteiger partial charge in [-0.15, -0.1) is 0 Å². The summed E-state index contributed by atoms with van der Waals surface area (Å²) in [5.74, 6) is -1.27. The van der Waals surface area contributed by atoms with E-state index in [0.717, 1.165) is 5.56 Å². The van der Waals surface area contributed by atoms with Crippen molar-refractivity contribution in [2.75, 3.05) is 0 Å². The van der Waals surface area contributed by atoms with Crippen molar-refractivity contribution in [3.05, 3.63) is 114 Å². The van der Waals surface area contributed by atoms with E-state index in [1.807, 2.05) is 12.1 Å². The van der Waals surface area contributed by atoms with Gasteiger partial charge in [-0.3, -0.25) is 4.79 Å². The van der Waals surface area contributed by atoms with Crippen LogP contribution >= 0.6 is 0 Å². The lowest BCUT2D eigenvalue weighted by atomic mass is 10.1. The Morgan fingerprint density at radius 1 is 0.912 bits per heavy atom. The first-order chi connectivity index (χ1) is 16.4. The molecule has 169 valence electrons. The van der Waals surface area contributed by atoms with E-state index in [-0.39, 0.29) is 28.3 Å². The molecule has 1 amide bonds. The topological polar surface area (TPSA) is 82.2 Å². The molecule has 0 bridgehead atoms. The van der Waals surface area contributed by atoms with Gasteiger partial charge in [0.05, 0.1) is 21.7 Å². The lowest BCUT2D eigenvalue weighted by molar-refractivity contribution is 0.100.